The number of nitrogens with one attached hydrogen (secondary N) is 1. The van der Waals surface area contributed by atoms with E-state index in [0.29, 0.717) is 5.25 Å². The topological polar surface area (TPSA) is 44.3 Å². The number of aromatic nitrogens is 2. The molecule has 0 bridgehead atoms. The molecule has 0 spiro atoms. The van der Waals surface area contributed by atoms with Gasteiger partial charge in [-0.1, -0.05) is 43.0 Å². The minimum absolute atomic E-state index is 0.0559. The zero-order valence-electron chi connectivity index (χ0n) is 13.4. The number of amidine groups is 1. The van der Waals surface area contributed by atoms with Crippen molar-refractivity contribution < 1.29 is 0 Å². The van der Waals surface area contributed by atoms with Crippen LogP contribution < -0.4 is 0 Å². The molecule has 5 rings (SSSR count). The van der Waals surface area contributed by atoms with Crippen molar-refractivity contribution >= 4 is 27.8 Å². The quantitative estimate of drug-likeness (QED) is 0.765. The maximum Gasteiger partial charge on any atom is 0.160 e. The van der Waals surface area contributed by atoms with E-state index >= 15 is 0 Å². The normalized spacial score (nSPS) is 26.0. The second-order valence-electron chi connectivity index (χ2n) is 6.43. The fourth-order valence-electron chi connectivity index (χ4n) is 3.79. The van der Waals surface area contributed by atoms with E-state index in [-0.39, 0.29) is 12.1 Å². The van der Waals surface area contributed by atoms with Gasteiger partial charge in [0.05, 0.1) is 11.7 Å². The highest BCUT2D eigenvalue weighted by Gasteiger charge is 2.44. The first-order valence-corrected chi connectivity index (χ1v) is 9.17. The Morgan fingerprint density at radius 3 is 2.92 bits per heavy atom. The molecular weight excluding hydrogens is 316 g/mol. The molecule has 24 heavy (non-hydrogen) atoms. The molecule has 0 unspecified atom stereocenters. The standard InChI is InChI=1S/C19H18N4S/c1-12-11-23-18(14-10-21-15-7-3-2-6-13(14)15)17(22-19(23)24-12)16-8-4-5-9-20-16/h2-10,12,17-18,21H,11H2,1H3/t12-,17-,18-/m1/s1. The zero-order valence-corrected chi connectivity index (χ0v) is 14.2. The second kappa shape index (κ2) is 5.38. The van der Waals surface area contributed by atoms with Crippen molar-refractivity contribution in [3.8, 4) is 0 Å². The molecule has 1 N–H and O–H groups in total. The van der Waals surface area contributed by atoms with Crippen LogP contribution in [0.1, 0.15) is 30.3 Å². The number of fused-ring (bicyclic) bond motifs is 2. The summed E-state index contributed by atoms with van der Waals surface area (Å²) in [5, 5.41) is 3.03. The minimum atomic E-state index is 0.0559. The first-order valence-electron chi connectivity index (χ1n) is 8.29. The summed E-state index contributed by atoms with van der Waals surface area (Å²) < 4.78 is 0. The van der Waals surface area contributed by atoms with Crippen LogP contribution in [-0.4, -0.2) is 31.8 Å². The first kappa shape index (κ1) is 14.1. The molecule has 0 saturated carbocycles. The first-order chi connectivity index (χ1) is 11.8. The maximum absolute atomic E-state index is 5.04. The summed E-state index contributed by atoms with van der Waals surface area (Å²) >= 11 is 1.88. The summed E-state index contributed by atoms with van der Waals surface area (Å²) in [4.78, 5) is 15.5. The lowest BCUT2D eigenvalue weighted by atomic mass is 9.96. The van der Waals surface area contributed by atoms with Gasteiger partial charge in [-0.05, 0) is 18.2 Å². The Labute approximate surface area is 145 Å². The summed E-state index contributed by atoms with van der Waals surface area (Å²) in [6, 6.07) is 14.9. The monoisotopic (exact) mass is 334 g/mol. The average Bonchev–Trinajstić information content (AvgIpc) is 3.27. The Hall–Kier alpha value is -2.27. The van der Waals surface area contributed by atoms with Gasteiger partial charge in [0.2, 0.25) is 0 Å². The lowest BCUT2D eigenvalue weighted by Crippen LogP contribution is -2.28. The van der Waals surface area contributed by atoms with E-state index in [1.165, 1.54) is 16.5 Å². The van der Waals surface area contributed by atoms with Gasteiger partial charge in [-0.3, -0.25) is 9.98 Å². The summed E-state index contributed by atoms with van der Waals surface area (Å²) in [6.45, 7) is 3.31. The van der Waals surface area contributed by atoms with E-state index in [1.807, 2.05) is 30.1 Å². The molecule has 4 heterocycles. The molecule has 4 nitrogen and oxygen atoms in total. The summed E-state index contributed by atoms with van der Waals surface area (Å²) in [6.07, 6.45) is 4.01. The molecule has 5 heteroatoms. The molecule has 2 aliphatic rings. The van der Waals surface area contributed by atoms with Gasteiger partial charge >= 0.3 is 0 Å². The molecule has 120 valence electrons. The Kier molecular flexibility index (Phi) is 3.16. The van der Waals surface area contributed by atoms with E-state index in [0.717, 1.165) is 17.4 Å². The number of hydrogen-bond donors (Lipinski definition) is 1. The van der Waals surface area contributed by atoms with Gasteiger partial charge in [-0.15, -0.1) is 0 Å². The Morgan fingerprint density at radius 2 is 2.04 bits per heavy atom. The molecule has 0 aliphatic carbocycles. The molecule has 3 aromatic rings. The number of thioether (sulfide) groups is 1. The van der Waals surface area contributed by atoms with Crippen molar-refractivity contribution in [2.24, 2.45) is 4.99 Å². The molecule has 0 amide bonds. The number of hydrogen-bond acceptors (Lipinski definition) is 4. The van der Waals surface area contributed by atoms with Crippen molar-refractivity contribution in [3.63, 3.8) is 0 Å². The van der Waals surface area contributed by atoms with Gasteiger partial charge in [0.1, 0.15) is 6.04 Å². The predicted octanol–water partition coefficient (Wildman–Crippen LogP) is 4.15. The Balaban J connectivity index is 1.66. The highest BCUT2D eigenvalue weighted by atomic mass is 32.2. The van der Waals surface area contributed by atoms with Crippen LogP contribution in [0.5, 0.6) is 0 Å². The predicted molar refractivity (Wildman–Crippen MR) is 99.2 cm³/mol. The number of nitrogens with zero attached hydrogens (tertiary/aromatic N) is 3. The highest BCUT2D eigenvalue weighted by molar-refractivity contribution is 8.14. The number of pyridine rings is 1. The van der Waals surface area contributed by atoms with E-state index in [4.69, 9.17) is 4.99 Å². The summed E-state index contributed by atoms with van der Waals surface area (Å²) in [5.41, 5.74) is 3.54. The number of aromatic amines is 1. The highest BCUT2D eigenvalue weighted by Crippen LogP contribution is 2.48. The van der Waals surface area contributed by atoms with E-state index in [9.17, 15) is 0 Å². The van der Waals surface area contributed by atoms with Crippen molar-refractivity contribution in [2.75, 3.05) is 6.54 Å². The molecular formula is C19H18N4S. The number of rotatable bonds is 2. The lowest BCUT2D eigenvalue weighted by Gasteiger charge is -2.26. The van der Waals surface area contributed by atoms with E-state index < -0.39 is 0 Å². The fourth-order valence-corrected chi connectivity index (χ4v) is 4.89. The number of benzene rings is 1. The van der Waals surface area contributed by atoms with Gasteiger partial charge < -0.3 is 9.88 Å². The lowest BCUT2D eigenvalue weighted by molar-refractivity contribution is 0.323. The zero-order chi connectivity index (χ0) is 16.1. The maximum atomic E-state index is 5.04. The van der Waals surface area contributed by atoms with Crippen molar-refractivity contribution in [3.05, 3.63) is 66.1 Å². The van der Waals surface area contributed by atoms with Gasteiger partial charge in [0.15, 0.2) is 5.17 Å². The summed E-state index contributed by atoms with van der Waals surface area (Å²) in [5.74, 6) is 0. The van der Waals surface area contributed by atoms with Crippen LogP contribution >= 0.6 is 11.8 Å². The van der Waals surface area contributed by atoms with Crippen molar-refractivity contribution in [1.82, 2.24) is 14.9 Å². The smallest absolute Gasteiger partial charge is 0.160 e. The molecule has 1 fully saturated rings. The Morgan fingerprint density at radius 1 is 1.17 bits per heavy atom. The van der Waals surface area contributed by atoms with Gasteiger partial charge in [0, 0.05) is 40.7 Å². The van der Waals surface area contributed by atoms with Crippen molar-refractivity contribution in [1.29, 1.82) is 0 Å². The average molecular weight is 334 g/mol. The van der Waals surface area contributed by atoms with Gasteiger partial charge in [-0.2, -0.15) is 0 Å². The van der Waals surface area contributed by atoms with Crippen LogP contribution in [0.2, 0.25) is 0 Å². The van der Waals surface area contributed by atoms with Crippen LogP contribution in [0.3, 0.4) is 0 Å². The van der Waals surface area contributed by atoms with Crippen LogP contribution in [0.15, 0.2) is 59.9 Å². The van der Waals surface area contributed by atoms with Crippen LogP contribution in [0.4, 0.5) is 0 Å². The fraction of sp³-hybridized carbons (Fsp3) is 0.263. The van der Waals surface area contributed by atoms with Crippen LogP contribution in [0, 0.1) is 0 Å². The number of aliphatic imine (C=N–C) groups is 1. The van der Waals surface area contributed by atoms with Crippen molar-refractivity contribution in [2.45, 2.75) is 24.3 Å². The van der Waals surface area contributed by atoms with Crippen LogP contribution in [0.25, 0.3) is 10.9 Å². The van der Waals surface area contributed by atoms with Gasteiger partial charge in [-0.25, -0.2) is 0 Å². The minimum Gasteiger partial charge on any atom is -0.361 e. The second-order valence-corrected chi connectivity index (χ2v) is 7.83. The third kappa shape index (κ3) is 2.08. The largest absolute Gasteiger partial charge is 0.361 e. The van der Waals surface area contributed by atoms with Gasteiger partial charge in [0.25, 0.3) is 0 Å². The Bertz CT molecular complexity index is 917. The van der Waals surface area contributed by atoms with Crippen LogP contribution in [-0.2, 0) is 0 Å². The molecule has 2 aromatic heterocycles. The van der Waals surface area contributed by atoms with E-state index in [2.05, 4.69) is 58.3 Å². The molecule has 0 radical (unpaired) electrons. The summed E-state index contributed by atoms with van der Waals surface area (Å²) in [7, 11) is 0. The molecule has 1 saturated heterocycles. The number of H-pyrrole nitrogens is 1. The molecule has 3 atom stereocenters. The number of para-hydroxylation sites is 1. The SMILES string of the molecule is C[C@@H]1CN2C(=N[C@H](c3ccccn3)[C@H]2c2c[nH]c3ccccc23)S1. The third-order valence-corrected chi connectivity index (χ3v) is 5.92. The van der Waals surface area contributed by atoms with E-state index in [1.54, 1.807) is 0 Å². The molecule has 1 aromatic carbocycles. The third-order valence-electron chi connectivity index (χ3n) is 4.82. The molecule has 2 aliphatic heterocycles.